The Morgan fingerprint density at radius 2 is 2.16 bits per heavy atom. The fraction of sp³-hybridized carbons (Fsp3) is 0.500. The van der Waals surface area contributed by atoms with Crippen LogP contribution in [0.15, 0.2) is 35.7 Å². The largest absolute Gasteiger partial charge is 0.495 e. The number of carbonyl (C=O) groups is 1. The van der Waals surface area contributed by atoms with Gasteiger partial charge < -0.3 is 10.1 Å². The molecule has 25 heavy (non-hydrogen) atoms. The molecule has 1 aromatic heterocycles. The summed E-state index contributed by atoms with van der Waals surface area (Å²) in [4.78, 5) is 12.1. The second-order valence-corrected chi connectivity index (χ2v) is 6.85. The summed E-state index contributed by atoms with van der Waals surface area (Å²) in [7, 11) is 1.63. The highest BCUT2D eigenvalue weighted by Crippen LogP contribution is 2.26. The third-order valence-electron chi connectivity index (χ3n) is 3.84. The van der Waals surface area contributed by atoms with E-state index in [1.807, 2.05) is 28.8 Å². The first-order valence-corrected chi connectivity index (χ1v) is 9.59. The van der Waals surface area contributed by atoms with Crippen LogP contribution in [0.4, 0.5) is 0 Å². The van der Waals surface area contributed by atoms with E-state index in [1.165, 1.54) is 24.6 Å². The summed E-state index contributed by atoms with van der Waals surface area (Å²) < 4.78 is 7.22. The molecule has 6 nitrogen and oxygen atoms in total. The SMILES string of the molecule is CCCCCC(C)NC(=O)CSc1nncn1-c1ccccc1OC. The van der Waals surface area contributed by atoms with Crippen molar-refractivity contribution in [2.45, 2.75) is 50.7 Å². The zero-order valence-corrected chi connectivity index (χ0v) is 15.9. The van der Waals surface area contributed by atoms with Gasteiger partial charge in [0.2, 0.25) is 5.91 Å². The number of aromatic nitrogens is 3. The first-order valence-electron chi connectivity index (χ1n) is 8.61. The molecule has 1 aromatic carbocycles. The molecule has 0 aliphatic carbocycles. The quantitative estimate of drug-likeness (QED) is 0.518. The molecular formula is C18H26N4O2S. The number of rotatable bonds is 10. The lowest BCUT2D eigenvalue weighted by molar-refractivity contribution is -0.119. The number of benzene rings is 1. The zero-order valence-electron chi connectivity index (χ0n) is 15.1. The summed E-state index contributed by atoms with van der Waals surface area (Å²) in [5, 5.41) is 11.8. The Morgan fingerprint density at radius 1 is 1.36 bits per heavy atom. The smallest absolute Gasteiger partial charge is 0.230 e. The summed E-state index contributed by atoms with van der Waals surface area (Å²) >= 11 is 1.37. The standard InChI is InChI=1S/C18H26N4O2S/c1-4-5-6-9-14(2)20-17(23)12-25-18-21-19-13-22(18)15-10-7-8-11-16(15)24-3/h7-8,10-11,13-14H,4-6,9,12H2,1-3H3,(H,20,23). The number of ether oxygens (including phenoxy) is 1. The van der Waals surface area contributed by atoms with Gasteiger partial charge in [0.25, 0.3) is 0 Å². The maximum atomic E-state index is 12.1. The van der Waals surface area contributed by atoms with E-state index in [1.54, 1.807) is 13.4 Å². The second-order valence-electron chi connectivity index (χ2n) is 5.91. The van der Waals surface area contributed by atoms with E-state index < -0.39 is 0 Å². The van der Waals surface area contributed by atoms with Gasteiger partial charge in [-0.3, -0.25) is 9.36 Å². The first kappa shape index (κ1) is 19.3. The predicted octanol–water partition coefficient (Wildman–Crippen LogP) is 3.45. The summed E-state index contributed by atoms with van der Waals surface area (Å²) in [6, 6.07) is 7.85. The number of thioether (sulfide) groups is 1. The molecule has 0 saturated heterocycles. The Balaban J connectivity index is 1.92. The monoisotopic (exact) mass is 362 g/mol. The van der Waals surface area contributed by atoms with E-state index >= 15 is 0 Å². The van der Waals surface area contributed by atoms with Gasteiger partial charge in [0.05, 0.1) is 18.6 Å². The van der Waals surface area contributed by atoms with Crippen LogP contribution in [-0.4, -0.2) is 39.6 Å². The van der Waals surface area contributed by atoms with E-state index in [2.05, 4.69) is 29.4 Å². The third-order valence-corrected chi connectivity index (χ3v) is 4.78. The fourth-order valence-corrected chi connectivity index (χ4v) is 3.27. The highest BCUT2D eigenvalue weighted by Gasteiger charge is 2.14. The summed E-state index contributed by atoms with van der Waals surface area (Å²) in [5.41, 5.74) is 0.853. The second kappa shape index (κ2) is 10.1. The molecule has 1 N–H and O–H groups in total. The summed E-state index contributed by atoms with van der Waals surface area (Å²) in [6.07, 6.45) is 6.19. The van der Waals surface area contributed by atoms with Crippen molar-refractivity contribution in [1.29, 1.82) is 0 Å². The predicted molar refractivity (Wildman–Crippen MR) is 100 cm³/mol. The molecule has 2 aromatic rings. The van der Waals surface area contributed by atoms with Crippen molar-refractivity contribution in [1.82, 2.24) is 20.1 Å². The molecule has 7 heteroatoms. The average molecular weight is 362 g/mol. The number of carbonyl (C=O) groups excluding carboxylic acids is 1. The van der Waals surface area contributed by atoms with Crippen LogP contribution >= 0.6 is 11.8 Å². The molecule has 0 aliphatic rings. The highest BCUT2D eigenvalue weighted by atomic mass is 32.2. The van der Waals surface area contributed by atoms with E-state index in [0.717, 1.165) is 24.3 Å². The number of nitrogens with one attached hydrogen (secondary N) is 1. The molecule has 1 heterocycles. The van der Waals surface area contributed by atoms with Gasteiger partial charge in [0.15, 0.2) is 5.16 Å². The molecule has 0 spiro atoms. The molecule has 136 valence electrons. The Bertz CT molecular complexity index is 675. The van der Waals surface area contributed by atoms with Gasteiger partial charge in [0.1, 0.15) is 12.1 Å². The summed E-state index contributed by atoms with van der Waals surface area (Å²) in [6.45, 7) is 4.23. The van der Waals surface area contributed by atoms with Crippen molar-refractivity contribution >= 4 is 17.7 Å². The maximum absolute atomic E-state index is 12.1. The van der Waals surface area contributed by atoms with Gasteiger partial charge in [0, 0.05) is 6.04 Å². The van der Waals surface area contributed by atoms with E-state index in [4.69, 9.17) is 4.74 Å². The molecule has 0 saturated carbocycles. The minimum atomic E-state index is 0.0172. The van der Waals surface area contributed by atoms with Crippen LogP contribution in [0, 0.1) is 0 Å². The highest BCUT2D eigenvalue weighted by molar-refractivity contribution is 7.99. The first-order chi connectivity index (χ1) is 12.2. The van der Waals surface area contributed by atoms with Crippen molar-refractivity contribution in [3.8, 4) is 11.4 Å². The van der Waals surface area contributed by atoms with Gasteiger partial charge in [-0.1, -0.05) is 50.1 Å². The molecule has 0 bridgehead atoms. The van der Waals surface area contributed by atoms with Gasteiger partial charge >= 0.3 is 0 Å². The van der Waals surface area contributed by atoms with Crippen LogP contribution in [0.25, 0.3) is 5.69 Å². The lowest BCUT2D eigenvalue weighted by Crippen LogP contribution is -2.33. The average Bonchev–Trinajstić information content (AvgIpc) is 3.08. The van der Waals surface area contributed by atoms with Crippen LogP contribution < -0.4 is 10.1 Å². The number of unbranched alkanes of at least 4 members (excludes halogenated alkanes) is 2. The van der Waals surface area contributed by atoms with Crippen molar-refractivity contribution in [2.75, 3.05) is 12.9 Å². The van der Waals surface area contributed by atoms with Crippen molar-refractivity contribution < 1.29 is 9.53 Å². The molecule has 1 amide bonds. The normalized spacial score (nSPS) is 12.0. The van der Waals surface area contributed by atoms with Crippen molar-refractivity contribution in [2.24, 2.45) is 0 Å². The number of nitrogens with zero attached hydrogens (tertiary/aromatic N) is 3. The van der Waals surface area contributed by atoms with E-state index in [-0.39, 0.29) is 11.9 Å². The van der Waals surface area contributed by atoms with Crippen LogP contribution in [0.5, 0.6) is 5.75 Å². The molecular weight excluding hydrogens is 336 g/mol. The number of methoxy groups -OCH3 is 1. The molecule has 1 unspecified atom stereocenters. The topological polar surface area (TPSA) is 69.0 Å². The molecule has 2 rings (SSSR count). The minimum Gasteiger partial charge on any atom is -0.495 e. The molecule has 0 radical (unpaired) electrons. The fourth-order valence-electron chi connectivity index (χ4n) is 2.54. The third kappa shape index (κ3) is 5.77. The summed E-state index contributed by atoms with van der Waals surface area (Å²) in [5.74, 6) is 1.06. The lowest BCUT2D eigenvalue weighted by atomic mass is 10.1. The van der Waals surface area contributed by atoms with E-state index in [9.17, 15) is 4.79 Å². The van der Waals surface area contributed by atoms with Gasteiger partial charge in [-0.25, -0.2) is 0 Å². The van der Waals surface area contributed by atoms with Crippen LogP contribution in [-0.2, 0) is 4.79 Å². The molecule has 1 atom stereocenters. The van der Waals surface area contributed by atoms with Gasteiger partial charge in [-0.2, -0.15) is 0 Å². The Hall–Kier alpha value is -2.02. The molecule has 0 aliphatic heterocycles. The number of amides is 1. The van der Waals surface area contributed by atoms with Crippen LogP contribution in [0.3, 0.4) is 0 Å². The molecule has 0 fully saturated rings. The Labute approximate surface area is 153 Å². The van der Waals surface area contributed by atoms with Crippen molar-refractivity contribution in [3.05, 3.63) is 30.6 Å². The van der Waals surface area contributed by atoms with Gasteiger partial charge in [-0.15, -0.1) is 10.2 Å². The maximum Gasteiger partial charge on any atom is 0.230 e. The number of para-hydroxylation sites is 2. The number of hydrogen-bond acceptors (Lipinski definition) is 5. The minimum absolute atomic E-state index is 0.0172. The number of hydrogen-bond donors (Lipinski definition) is 1. The van der Waals surface area contributed by atoms with Crippen LogP contribution in [0.1, 0.15) is 39.5 Å². The Morgan fingerprint density at radius 3 is 2.92 bits per heavy atom. The van der Waals surface area contributed by atoms with Crippen LogP contribution in [0.2, 0.25) is 0 Å². The zero-order chi connectivity index (χ0) is 18.1. The lowest BCUT2D eigenvalue weighted by Gasteiger charge is -2.14. The van der Waals surface area contributed by atoms with Gasteiger partial charge in [-0.05, 0) is 25.5 Å². The Kier molecular flexibility index (Phi) is 7.78. The van der Waals surface area contributed by atoms with Crippen molar-refractivity contribution in [3.63, 3.8) is 0 Å². The van der Waals surface area contributed by atoms with E-state index in [0.29, 0.717) is 10.9 Å².